The molecule has 0 amide bonds. The summed E-state index contributed by atoms with van der Waals surface area (Å²) in [6.07, 6.45) is 1.92. The summed E-state index contributed by atoms with van der Waals surface area (Å²) in [6.45, 7) is 4.64. The molecule has 0 bridgehead atoms. The van der Waals surface area contributed by atoms with Crippen LogP contribution < -0.4 is 0 Å². The molecule has 8 aromatic rings. The van der Waals surface area contributed by atoms with Gasteiger partial charge in [0.2, 0.25) is 0 Å². The van der Waals surface area contributed by atoms with Crippen LogP contribution >= 0.6 is 0 Å². The van der Waals surface area contributed by atoms with Gasteiger partial charge in [0.1, 0.15) is 0 Å². The number of rotatable bonds is 2. The highest BCUT2D eigenvalue weighted by Crippen LogP contribution is 2.50. The molecule has 1 unspecified atom stereocenters. The third-order valence-corrected chi connectivity index (χ3v) is 9.19. The highest BCUT2D eigenvalue weighted by molar-refractivity contribution is 6.12. The van der Waals surface area contributed by atoms with E-state index in [1.807, 2.05) is 12.3 Å². The topological polar surface area (TPSA) is 22.8 Å². The number of benzene rings is 5. The second-order valence-electron chi connectivity index (χ2n) is 11.2. The van der Waals surface area contributed by atoms with Crippen molar-refractivity contribution in [3.8, 4) is 22.6 Å². The zero-order valence-electron chi connectivity index (χ0n) is 23.0. The van der Waals surface area contributed by atoms with Gasteiger partial charge < -0.3 is 9.13 Å². The molecule has 41 heavy (non-hydrogen) atoms. The Morgan fingerprint density at radius 3 is 1.83 bits per heavy atom. The van der Waals surface area contributed by atoms with E-state index in [1.165, 1.54) is 77.2 Å². The minimum absolute atomic E-state index is 0.216. The van der Waals surface area contributed by atoms with Gasteiger partial charge in [-0.1, -0.05) is 85.8 Å². The molecule has 4 heterocycles. The van der Waals surface area contributed by atoms with Crippen molar-refractivity contribution in [2.45, 2.75) is 19.8 Å². The SMILES string of the molecule is Cc1c(-n2c3ccccc3c3ccccc32)cc2c(c1-c1ccccn1)C(C)c1cccc3c4ccccc4n-2c13. The lowest BCUT2D eigenvalue weighted by Gasteiger charge is -2.31. The molecule has 0 aliphatic carbocycles. The predicted molar refractivity (Wildman–Crippen MR) is 171 cm³/mol. The highest BCUT2D eigenvalue weighted by Gasteiger charge is 2.32. The second kappa shape index (κ2) is 8.18. The zero-order chi connectivity index (χ0) is 27.2. The second-order valence-corrected chi connectivity index (χ2v) is 11.2. The largest absolute Gasteiger partial charge is 0.309 e. The fourth-order valence-electron chi connectivity index (χ4n) is 7.45. The van der Waals surface area contributed by atoms with Crippen molar-refractivity contribution in [3.05, 3.63) is 138 Å². The van der Waals surface area contributed by atoms with E-state index in [1.54, 1.807) is 0 Å². The number of fused-ring (bicyclic) bond motifs is 8. The van der Waals surface area contributed by atoms with Gasteiger partial charge in [0.05, 0.1) is 39.1 Å². The van der Waals surface area contributed by atoms with Crippen molar-refractivity contribution in [1.29, 1.82) is 0 Å². The van der Waals surface area contributed by atoms with Crippen LogP contribution in [0.4, 0.5) is 0 Å². The number of hydrogen-bond donors (Lipinski definition) is 0. The monoisotopic (exact) mass is 525 g/mol. The summed E-state index contributed by atoms with van der Waals surface area (Å²) < 4.78 is 4.97. The average molecular weight is 526 g/mol. The molecule has 1 aliphatic heterocycles. The normalized spacial score (nSPS) is 14.3. The van der Waals surface area contributed by atoms with Gasteiger partial charge in [0.15, 0.2) is 0 Å². The molecule has 3 heteroatoms. The zero-order valence-corrected chi connectivity index (χ0v) is 23.0. The first-order valence-corrected chi connectivity index (χ1v) is 14.3. The lowest BCUT2D eigenvalue weighted by Crippen LogP contribution is -2.16. The molecule has 0 fully saturated rings. The molecule has 1 aliphatic rings. The standard InChI is InChI=1S/C38H27N3/c1-23-25-15-11-16-29-28-14-5-8-20-33(28)41(38(25)29)35-22-34(24(2)36(37(23)35)30-17-9-10-21-39-30)40-31-18-6-3-12-26(31)27-13-4-7-19-32(27)40/h3-23H,1-2H3. The maximum Gasteiger partial charge on any atom is 0.0709 e. The van der Waals surface area contributed by atoms with Gasteiger partial charge in [0, 0.05) is 39.2 Å². The summed E-state index contributed by atoms with van der Waals surface area (Å²) in [5.74, 6) is 0.216. The summed E-state index contributed by atoms with van der Waals surface area (Å²) in [5, 5.41) is 5.15. The van der Waals surface area contributed by atoms with Crippen LogP contribution in [0.5, 0.6) is 0 Å². The molecule has 0 N–H and O–H groups in total. The molecule has 1 atom stereocenters. The summed E-state index contributed by atoms with van der Waals surface area (Å²) in [5.41, 5.74) is 13.6. The number of nitrogens with zero attached hydrogens (tertiary/aromatic N) is 3. The highest BCUT2D eigenvalue weighted by atomic mass is 15.0. The first-order chi connectivity index (χ1) is 20.2. The van der Waals surface area contributed by atoms with E-state index in [4.69, 9.17) is 4.98 Å². The Balaban J connectivity index is 1.51. The number of para-hydroxylation sites is 4. The Morgan fingerprint density at radius 1 is 0.585 bits per heavy atom. The Labute approximate surface area is 237 Å². The van der Waals surface area contributed by atoms with Gasteiger partial charge in [0.25, 0.3) is 0 Å². The van der Waals surface area contributed by atoms with Gasteiger partial charge >= 0.3 is 0 Å². The lowest BCUT2D eigenvalue weighted by molar-refractivity contribution is 0.877. The quantitative estimate of drug-likeness (QED) is 0.220. The van der Waals surface area contributed by atoms with E-state index in [9.17, 15) is 0 Å². The van der Waals surface area contributed by atoms with Crippen LogP contribution in [0.15, 0.2) is 121 Å². The van der Waals surface area contributed by atoms with Crippen LogP contribution in [0.2, 0.25) is 0 Å². The Morgan fingerprint density at radius 2 is 1.17 bits per heavy atom. The Kier molecular flexibility index (Phi) is 4.52. The van der Waals surface area contributed by atoms with Crippen molar-refractivity contribution in [2.75, 3.05) is 0 Å². The van der Waals surface area contributed by atoms with Crippen LogP contribution in [-0.2, 0) is 0 Å². The van der Waals surface area contributed by atoms with E-state index < -0.39 is 0 Å². The molecule has 3 aromatic heterocycles. The summed E-state index contributed by atoms with van der Waals surface area (Å²) in [7, 11) is 0. The first kappa shape index (κ1) is 22.6. The van der Waals surface area contributed by atoms with E-state index in [-0.39, 0.29) is 5.92 Å². The van der Waals surface area contributed by atoms with Gasteiger partial charge in [-0.15, -0.1) is 0 Å². The van der Waals surface area contributed by atoms with Crippen LogP contribution in [0.1, 0.15) is 29.5 Å². The fraction of sp³-hybridized carbons (Fsp3) is 0.0789. The molecular weight excluding hydrogens is 498 g/mol. The summed E-state index contributed by atoms with van der Waals surface area (Å²) in [4.78, 5) is 4.94. The summed E-state index contributed by atoms with van der Waals surface area (Å²) in [6, 6.07) is 41.9. The van der Waals surface area contributed by atoms with Crippen LogP contribution in [0.3, 0.4) is 0 Å². The maximum absolute atomic E-state index is 4.94. The molecule has 0 saturated heterocycles. The van der Waals surface area contributed by atoms with Crippen LogP contribution in [0, 0.1) is 6.92 Å². The lowest BCUT2D eigenvalue weighted by atomic mass is 9.81. The van der Waals surface area contributed by atoms with E-state index in [0.717, 1.165) is 5.69 Å². The molecule has 0 spiro atoms. The average Bonchev–Trinajstić information content (AvgIpc) is 3.54. The van der Waals surface area contributed by atoms with Crippen molar-refractivity contribution >= 4 is 43.6 Å². The smallest absolute Gasteiger partial charge is 0.0709 e. The fourth-order valence-corrected chi connectivity index (χ4v) is 7.45. The molecule has 194 valence electrons. The Hall–Kier alpha value is -5.15. The predicted octanol–water partition coefficient (Wildman–Crippen LogP) is 9.72. The minimum atomic E-state index is 0.216. The molecule has 3 nitrogen and oxygen atoms in total. The van der Waals surface area contributed by atoms with Gasteiger partial charge in [-0.05, 0) is 60.0 Å². The van der Waals surface area contributed by atoms with E-state index in [0.29, 0.717) is 0 Å². The van der Waals surface area contributed by atoms with Gasteiger partial charge in [-0.2, -0.15) is 0 Å². The van der Waals surface area contributed by atoms with Crippen LogP contribution in [-0.4, -0.2) is 14.1 Å². The maximum atomic E-state index is 4.94. The van der Waals surface area contributed by atoms with Crippen molar-refractivity contribution in [2.24, 2.45) is 0 Å². The van der Waals surface area contributed by atoms with Crippen molar-refractivity contribution < 1.29 is 0 Å². The van der Waals surface area contributed by atoms with E-state index >= 15 is 0 Å². The molecule has 0 radical (unpaired) electrons. The molecule has 9 rings (SSSR count). The van der Waals surface area contributed by atoms with Gasteiger partial charge in [-0.25, -0.2) is 0 Å². The molecule has 5 aromatic carbocycles. The van der Waals surface area contributed by atoms with Crippen molar-refractivity contribution in [3.63, 3.8) is 0 Å². The number of hydrogen-bond acceptors (Lipinski definition) is 1. The van der Waals surface area contributed by atoms with E-state index in [2.05, 4.69) is 132 Å². The third-order valence-electron chi connectivity index (χ3n) is 9.19. The Bertz CT molecular complexity index is 2280. The first-order valence-electron chi connectivity index (χ1n) is 14.3. The third kappa shape index (κ3) is 2.90. The van der Waals surface area contributed by atoms with Crippen molar-refractivity contribution in [1.82, 2.24) is 14.1 Å². The minimum Gasteiger partial charge on any atom is -0.309 e. The molecular formula is C38H27N3. The number of aromatic nitrogens is 3. The van der Waals surface area contributed by atoms with Crippen LogP contribution in [0.25, 0.3) is 66.2 Å². The van der Waals surface area contributed by atoms with Gasteiger partial charge in [-0.3, -0.25) is 4.98 Å². The number of pyridine rings is 1. The molecule has 0 saturated carbocycles. The summed E-state index contributed by atoms with van der Waals surface area (Å²) >= 11 is 0.